The van der Waals surface area contributed by atoms with Gasteiger partial charge in [-0.3, -0.25) is 4.79 Å². The van der Waals surface area contributed by atoms with Crippen LogP contribution in [0, 0.1) is 0 Å². The molecule has 1 N–H and O–H groups in total. The van der Waals surface area contributed by atoms with Gasteiger partial charge in [-0.1, -0.05) is 11.6 Å². The molecule has 6 heteroatoms. The van der Waals surface area contributed by atoms with E-state index in [-0.39, 0.29) is 10.6 Å². The summed E-state index contributed by atoms with van der Waals surface area (Å²) < 4.78 is 10.7. The number of carboxylic acids is 1. The number of fused-ring (bicyclic) bond motifs is 1. The number of carboxylic acid groups (broad SMARTS) is 1. The van der Waals surface area contributed by atoms with Gasteiger partial charge in [-0.05, 0) is 12.1 Å². The van der Waals surface area contributed by atoms with Gasteiger partial charge in [-0.25, -0.2) is 4.79 Å². The second kappa shape index (κ2) is 4.63. The Bertz CT molecular complexity index is 483. The number of aliphatic carboxylic acids is 1. The van der Waals surface area contributed by atoms with Crippen molar-refractivity contribution in [3.8, 4) is 11.5 Å². The molecule has 1 aromatic rings. The first-order valence-electron chi connectivity index (χ1n) is 4.96. The van der Waals surface area contributed by atoms with Crippen molar-refractivity contribution in [2.24, 2.45) is 0 Å². The normalized spacial score (nSPS) is 13.9. The molecule has 0 atom stereocenters. The zero-order chi connectivity index (χ0) is 12.4. The quantitative estimate of drug-likeness (QED) is 0.645. The smallest absolute Gasteiger partial charge is 0.377 e. The van der Waals surface area contributed by atoms with Gasteiger partial charge in [0, 0.05) is 12.0 Å². The second-order valence-electron chi connectivity index (χ2n) is 3.47. The summed E-state index contributed by atoms with van der Waals surface area (Å²) >= 11 is 5.92. The molecule has 0 saturated heterocycles. The highest BCUT2D eigenvalue weighted by atomic mass is 35.5. The molecular formula is C11H9ClO5. The summed E-state index contributed by atoms with van der Waals surface area (Å²) in [5.74, 6) is -1.90. The molecule has 2 rings (SSSR count). The summed E-state index contributed by atoms with van der Waals surface area (Å²) in [4.78, 5) is 21.9. The van der Waals surface area contributed by atoms with Crippen molar-refractivity contribution >= 4 is 23.4 Å². The van der Waals surface area contributed by atoms with E-state index < -0.39 is 11.8 Å². The van der Waals surface area contributed by atoms with Crippen LogP contribution in [0.2, 0.25) is 5.02 Å². The predicted octanol–water partition coefficient (Wildman–Crippen LogP) is 1.77. The number of halogens is 1. The Kier molecular flexibility index (Phi) is 3.19. The van der Waals surface area contributed by atoms with Crippen molar-refractivity contribution in [1.82, 2.24) is 0 Å². The summed E-state index contributed by atoms with van der Waals surface area (Å²) in [5, 5.41) is 8.80. The molecule has 1 aliphatic heterocycles. The molecule has 5 nitrogen and oxygen atoms in total. The van der Waals surface area contributed by atoms with Crippen LogP contribution in [0.4, 0.5) is 0 Å². The summed E-state index contributed by atoms with van der Waals surface area (Å²) in [7, 11) is 0. The monoisotopic (exact) mass is 256 g/mol. The minimum atomic E-state index is -1.53. The van der Waals surface area contributed by atoms with Crippen LogP contribution in [0.25, 0.3) is 0 Å². The van der Waals surface area contributed by atoms with E-state index >= 15 is 0 Å². The lowest BCUT2D eigenvalue weighted by molar-refractivity contribution is -0.131. The number of ketones is 1. The molecule has 0 saturated carbocycles. The Balaban J connectivity index is 2.45. The van der Waals surface area contributed by atoms with E-state index in [0.717, 1.165) is 0 Å². The highest BCUT2D eigenvalue weighted by Gasteiger charge is 2.21. The van der Waals surface area contributed by atoms with Gasteiger partial charge in [0.2, 0.25) is 0 Å². The number of Topliss-reactive ketones (excluding diaryl/α,β-unsaturated/α-hetero) is 1. The maximum absolute atomic E-state index is 11.3. The molecule has 0 fully saturated rings. The van der Waals surface area contributed by atoms with E-state index in [2.05, 4.69) is 0 Å². The number of ether oxygens (including phenoxy) is 2. The molecule has 0 aromatic heterocycles. The SMILES string of the molecule is O=C(O)C(=O)c1cc(Cl)c2c(c1)OCCCO2. The van der Waals surface area contributed by atoms with Gasteiger partial charge in [-0.2, -0.15) is 0 Å². The van der Waals surface area contributed by atoms with Crippen molar-refractivity contribution in [2.45, 2.75) is 6.42 Å². The van der Waals surface area contributed by atoms with Gasteiger partial charge < -0.3 is 14.6 Å². The van der Waals surface area contributed by atoms with Gasteiger partial charge in [0.1, 0.15) is 0 Å². The molecule has 1 heterocycles. The number of rotatable bonds is 2. The largest absolute Gasteiger partial charge is 0.489 e. The van der Waals surface area contributed by atoms with Gasteiger partial charge >= 0.3 is 5.97 Å². The molecule has 0 unspecified atom stereocenters. The number of hydrogen-bond acceptors (Lipinski definition) is 4. The standard InChI is InChI=1S/C11H9ClO5/c12-7-4-6(9(13)11(14)15)5-8-10(7)17-3-1-2-16-8/h4-5H,1-3H2,(H,14,15). The summed E-state index contributed by atoms with van der Waals surface area (Å²) in [5.41, 5.74) is -0.0215. The first-order chi connectivity index (χ1) is 8.09. The molecule has 90 valence electrons. The van der Waals surface area contributed by atoms with E-state index in [1.165, 1.54) is 12.1 Å². The fourth-order valence-electron chi connectivity index (χ4n) is 1.49. The van der Waals surface area contributed by atoms with Crippen LogP contribution in [0.5, 0.6) is 11.5 Å². The molecule has 1 aliphatic rings. The fraction of sp³-hybridized carbons (Fsp3) is 0.273. The van der Waals surface area contributed by atoms with E-state index in [4.69, 9.17) is 26.2 Å². The van der Waals surface area contributed by atoms with Crippen LogP contribution in [0.15, 0.2) is 12.1 Å². The van der Waals surface area contributed by atoms with Crippen molar-refractivity contribution in [3.05, 3.63) is 22.7 Å². The van der Waals surface area contributed by atoms with Crippen LogP contribution in [0.1, 0.15) is 16.8 Å². The summed E-state index contributed by atoms with van der Waals surface area (Å²) in [6, 6.07) is 2.61. The first kappa shape index (κ1) is 11.7. The van der Waals surface area contributed by atoms with Crippen LogP contribution < -0.4 is 9.47 Å². The van der Waals surface area contributed by atoms with E-state index in [1.54, 1.807) is 0 Å². The zero-order valence-corrected chi connectivity index (χ0v) is 9.49. The second-order valence-corrected chi connectivity index (χ2v) is 3.88. The van der Waals surface area contributed by atoms with Crippen LogP contribution in [-0.4, -0.2) is 30.1 Å². The van der Waals surface area contributed by atoms with Gasteiger partial charge in [0.25, 0.3) is 5.78 Å². The molecule has 0 aliphatic carbocycles. The maximum Gasteiger partial charge on any atom is 0.377 e. The number of carbonyl (C=O) groups excluding carboxylic acids is 1. The third kappa shape index (κ3) is 2.34. The van der Waals surface area contributed by atoms with Crippen molar-refractivity contribution in [3.63, 3.8) is 0 Å². The average Bonchev–Trinajstić information content (AvgIpc) is 2.53. The fourth-order valence-corrected chi connectivity index (χ4v) is 1.75. The highest BCUT2D eigenvalue weighted by Crippen LogP contribution is 2.38. The third-order valence-corrected chi connectivity index (χ3v) is 2.54. The van der Waals surface area contributed by atoms with Crippen molar-refractivity contribution in [2.75, 3.05) is 13.2 Å². The number of benzene rings is 1. The topological polar surface area (TPSA) is 72.8 Å². The van der Waals surface area contributed by atoms with Crippen molar-refractivity contribution < 1.29 is 24.2 Å². The Hall–Kier alpha value is -1.75. The Morgan fingerprint density at radius 1 is 1.24 bits per heavy atom. The van der Waals surface area contributed by atoms with E-state index in [0.29, 0.717) is 31.1 Å². The average molecular weight is 257 g/mol. The Morgan fingerprint density at radius 2 is 1.94 bits per heavy atom. The van der Waals surface area contributed by atoms with Crippen LogP contribution >= 0.6 is 11.6 Å². The maximum atomic E-state index is 11.3. The minimum Gasteiger partial charge on any atom is -0.489 e. The first-order valence-corrected chi connectivity index (χ1v) is 5.34. The molecule has 1 aromatic carbocycles. The van der Waals surface area contributed by atoms with Crippen molar-refractivity contribution in [1.29, 1.82) is 0 Å². The third-order valence-electron chi connectivity index (χ3n) is 2.26. The number of hydrogen-bond donors (Lipinski definition) is 1. The molecular weight excluding hydrogens is 248 g/mol. The highest BCUT2D eigenvalue weighted by molar-refractivity contribution is 6.41. The summed E-state index contributed by atoms with van der Waals surface area (Å²) in [6.07, 6.45) is 0.702. The van der Waals surface area contributed by atoms with Crippen LogP contribution in [0.3, 0.4) is 0 Å². The lowest BCUT2D eigenvalue weighted by Crippen LogP contribution is -2.13. The molecule has 17 heavy (non-hydrogen) atoms. The summed E-state index contributed by atoms with van der Waals surface area (Å²) in [6.45, 7) is 0.910. The Labute approximate surface area is 102 Å². The van der Waals surface area contributed by atoms with Crippen LogP contribution in [-0.2, 0) is 4.79 Å². The zero-order valence-electron chi connectivity index (χ0n) is 8.73. The lowest BCUT2D eigenvalue weighted by Gasteiger charge is -2.10. The molecule has 0 bridgehead atoms. The van der Waals surface area contributed by atoms with Gasteiger partial charge in [-0.15, -0.1) is 0 Å². The van der Waals surface area contributed by atoms with E-state index in [9.17, 15) is 9.59 Å². The predicted molar refractivity (Wildman–Crippen MR) is 59.0 cm³/mol. The molecule has 0 amide bonds. The molecule has 0 radical (unpaired) electrons. The minimum absolute atomic E-state index is 0.0215. The van der Waals surface area contributed by atoms with E-state index in [1.807, 2.05) is 0 Å². The number of carbonyl (C=O) groups is 2. The molecule has 0 spiro atoms. The van der Waals surface area contributed by atoms with Gasteiger partial charge in [0.15, 0.2) is 11.5 Å². The van der Waals surface area contributed by atoms with Gasteiger partial charge in [0.05, 0.1) is 18.2 Å². The Morgan fingerprint density at radius 3 is 2.65 bits per heavy atom. The lowest BCUT2D eigenvalue weighted by atomic mass is 10.1.